The van der Waals surface area contributed by atoms with E-state index in [1.807, 2.05) is 11.3 Å². The second kappa shape index (κ2) is 6.69. The molecule has 0 radical (unpaired) electrons. The normalized spacial score (nSPS) is 25.9. The molecule has 1 saturated carbocycles. The van der Waals surface area contributed by atoms with Crippen molar-refractivity contribution in [3.63, 3.8) is 0 Å². The maximum Gasteiger partial charge on any atom is 0.0702 e. The Kier molecular flexibility index (Phi) is 5.09. The highest BCUT2D eigenvalue weighted by atomic mass is 79.9. The van der Waals surface area contributed by atoms with E-state index in [4.69, 9.17) is 5.73 Å². The smallest absolute Gasteiger partial charge is 0.0702 e. The molecule has 2 atom stereocenters. The van der Waals surface area contributed by atoms with Crippen molar-refractivity contribution in [2.24, 2.45) is 11.1 Å². The van der Waals surface area contributed by atoms with Crippen LogP contribution in [-0.2, 0) is 0 Å². The van der Waals surface area contributed by atoms with Gasteiger partial charge in [0.2, 0.25) is 0 Å². The van der Waals surface area contributed by atoms with Crippen molar-refractivity contribution in [1.29, 1.82) is 0 Å². The van der Waals surface area contributed by atoms with Gasteiger partial charge in [0.15, 0.2) is 0 Å². The van der Waals surface area contributed by atoms with Crippen LogP contribution in [0.5, 0.6) is 0 Å². The highest BCUT2D eigenvalue weighted by Crippen LogP contribution is 2.46. The molecule has 0 aromatic carbocycles. The molecule has 118 valence electrons. The van der Waals surface area contributed by atoms with Crippen molar-refractivity contribution < 1.29 is 0 Å². The molecule has 0 bridgehead atoms. The number of likely N-dealkylation sites (tertiary alicyclic amines) is 1. The minimum Gasteiger partial charge on any atom is -0.326 e. The van der Waals surface area contributed by atoms with Crippen LogP contribution < -0.4 is 5.73 Å². The molecule has 1 aromatic rings. The summed E-state index contributed by atoms with van der Waals surface area (Å²) in [4.78, 5) is 4.06. The summed E-state index contributed by atoms with van der Waals surface area (Å²) in [5.74, 6) is 0. The molecule has 1 saturated heterocycles. The second-order valence-corrected chi connectivity index (χ2v) is 9.54. The number of nitrogens with zero attached hydrogens (tertiary/aromatic N) is 1. The first-order valence-corrected chi connectivity index (χ1v) is 9.95. The third-order valence-corrected chi connectivity index (χ3v) is 7.24. The molecule has 4 heteroatoms. The Morgan fingerprint density at radius 3 is 2.33 bits per heavy atom. The summed E-state index contributed by atoms with van der Waals surface area (Å²) in [7, 11) is 0. The topological polar surface area (TPSA) is 29.3 Å². The van der Waals surface area contributed by atoms with Gasteiger partial charge in [-0.05, 0) is 79.2 Å². The van der Waals surface area contributed by atoms with Crippen molar-refractivity contribution in [3.8, 4) is 0 Å². The Morgan fingerprint density at radius 2 is 1.81 bits per heavy atom. The largest absolute Gasteiger partial charge is 0.326 e. The number of hydrogen-bond donors (Lipinski definition) is 1. The zero-order valence-electron chi connectivity index (χ0n) is 13.0. The van der Waals surface area contributed by atoms with Crippen molar-refractivity contribution in [2.75, 3.05) is 13.1 Å². The number of piperidine rings is 1. The fraction of sp³-hybridized carbons (Fsp3) is 0.765. The molecule has 3 rings (SSSR count). The molecule has 2 aliphatic rings. The van der Waals surface area contributed by atoms with E-state index in [2.05, 4.69) is 39.9 Å². The van der Waals surface area contributed by atoms with Gasteiger partial charge in [0.25, 0.3) is 0 Å². The van der Waals surface area contributed by atoms with Crippen LogP contribution in [0.15, 0.2) is 15.9 Å². The summed E-state index contributed by atoms with van der Waals surface area (Å²) in [5, 5.41) is 0. The molecule has 1 aliphatic carbocycles. The Morgan fingerprint density at radius 1 is 1.14 bits per heavy atom. The van der Waals surface area contributed by atoms with Crippen LogP contribution in [0, 0.1) is 5.41 Å². The summed E-state index contributed by atoms with van der Waals surface area (Å²) in [5.41, 5.74) is 7.00. The average Bonchev–Trinajstić information content (AvgIpc) is 2.88. The Hall–Kier alpha value is 0.1000. The van der Waals surface area contributed by atoms with Crippen molar-refractivity contribution in [1.82, 2.24) is 4.90 Å². The summed E-state index contributed by atoms with van der Waals surface area (Å²) < 4.78 is 1.21. The first kappa shape index (κ1) is 16.0. The maximum absolute atomic E-state index is 6.33. The molecule has 21 heavy (non-hydrogen) atoms. The van der Waals surface area contributed by atoms with Crippen LogP contribution in [0.25, 0.3) is 0 Å². The van der Waals surface area contributed by atoms with E-state index >= 15 is 0 Å². The van der Waals surface area contributed by atoms with Gasteiger partial charge in [0, 0.05) is 10.9 Å². The van der Waals surface area contributed by atoms with Crippen LogP contribution >= 0.6 is 27.3 Å². The van der Waals surface area contributed by atoms with Gasteiger partial charge in [-0.2, -0.15) is 0 Å². The van der Waals surface area contributed by atoms with Gasteiger partial charge in [-0.1, -0.05) is 19.3 Å². The fourth-order valence-electron chi connectivity index (χ4n) is 4.34. The van der Waals surface area contributed by atoms with Gasteiger partial charge in [0.1, 0.15) is 0 Å². The number of rotatable bonds is 3. The van der Waals surface area contributed by atoms with Crippen LogP contribution in [0.1, 0.15) is 62.8 Å². The minimum atomic E-state index is 0.191. The van der Waals surface area contributed by atoms with Gasteiger partial charge in [-0.3, -0.25) is 4.90 Å². The van der Waals surface area contributed by atoms with E-state index in [0.29, 0.717) is 11.5 Å². The van der Waals surface area contributed by atoms with E-state index in [-0.39, 0.29) is 6.04 Å². The van der Waals surface area contributed by atoms with E-state index in [9.17, 15) is 0 Å². The van der Waals surface area contributed by atoms with Crippen LogP contribution in [0.3, 0.4) is 0 Å². The van der Waals surface area contributed by atoms with Crippen LogP contribution in [0.2, 0.25) is 0 Å². The SMILES string of the molecule is CC(N)C(c1ccc(Br)s1)N1CCC2(CCCCC2)CC1. The summed E-state index contributed by atoms with van der Waals surface area (Å²) in [6, 6.07) is 4.98. The second-order valence-electron chi connectivity index (χ2n) is 7.04. The third-order valence-electron chi connectivity index (χ3n) is 5.55. The summed E-state index contributed by atoms with van der Waals surface area (Å²) in [6.45, 7) is 4.60. The lowest BCUT2D eigenvalue weighted by Crippen LogP contribution is -2.46. The third kappa shape index (κ3) is 3.54. The van der Waals surface area contributed by atoms with Gasteiger partial charge < -0.3 is 5.73 Å². The lowest BCUT2D eigenvalue weighted by atomic mass is 9.68. The molecule has 2 nitrogen and oxygen atoms in total. The van der Waals surface area contributed by atoms with E-state index in [1.54, 1.807) is 0 Å². The van der Waals surface area contributed by atoms with Gasteiger partial charge in [0.05, 0.1) is 9.83 Å². The number of nitrogens with two attached hydrogens (primary N) is 1. The summed E-state index contributed by atoms with van der Waals surface area (Å²) >= 11 is 5.43. The number of hydrogen-bond acceptors (Lipinski definition) is 3. The molecule has 1 spiro atoms. The van der Waals surface area contributed by atoms with Crippen LogP contribution in [0.4, 0.5) is 0 Å². The zero-order chi connectivity index (χ0) is 14.9. The molecular formula is C17H27BrN2S. The highest BCUT2D eigenvalue weighted by Gasteiger charge is 2.38. The maximum atomic E-state index is 6.33. The standard InChI is InChI=1S/C17H27BrN2S/c1-13(19)16(14-5-6-15(18)21-14)20-11-9-17(10-12-20)7-3-2-4-8-17/h5-6,13,16H,2-4,7-12,19H2,1H3. The lowest BCUT2D eigenvalue weighted by Gasteiger charge is -2.47. The van der Waals surface area contributed by atoms with Gasteiger partial charge in [-0.25, -0.2) is 0 Å². The molecule has 1 aromatic heterocycles. The van der Waals surface area contributed by atoms with Crippen molar-refractivity contribution in [3.05, 3.63) is 20.8 Å². The van der Waals surface area contributed by atoms with Crippen LogP contribution in [-0.4, -0.2) is 24.0 Å². The van der Waals surface area contributed by atoms with E-state index in [1.165, 1.54) is 66.7 Å². The van der Waals surface area contributed by atoms with Crippen molar-refractivity contribution in [2.45, 2.75) is 64.0 Å². The Labute approximate surface area is 141 Å². The average molecular weight is 371 g/mol. The molecular weight excluding hydrogens is 344 g/mol. The van der Waals surface area contributed by atoms with E-state index in [0.717, 1.165) is 0 Å². The van der Waals surface area contributed by atoms with Crippen molar-refractivity contribution >= 4 is 27.3 Å². The highest BCUT2D eigenvalue weighted by molar-refractivity contribution is 9.11. The fourth-order valence-corrected chi connectivity index (χ4v) is 6.01. The zero-order valence-corrected chi connectivity index (χ0v) is 15.4. The number of halogens is 1. The monoisotopic (exact) mass is 370 g/mol. The Bertz CT molecular complexity index is 455. The Balaban J connectivity index is 1.68. The molecule has 2 unspecified atom stereocenters. The predicted molar refractivity (Wildman–Crippen MR) is 94.7 cm³/mol. The molecule has 2 N–H and O–H groups in total. The first-order valence-electron chi connectivity index (χ1n) is 8.35. The first-order chi connectivity index (χ1) is 10.1. The lowest BCUT2D eigenvalue weighted by molar-refractivity contribution is 0.0401. The van der Waals surface area contributed by atoms with Gasteiger partial charge >= 0.3 is 0 Å². The van der Waals surface area contributed by atoms with E-state index < -0.39 is 0 Å². The van der Waals surface area contributed by atoms with Gasteiger partial charge in [-0.15, -0.1) is 11.3 Å². The minimum absolute atomic E-state index is 0.191. The quantitative estimate of drug-likeness (QED) is 0.815. The number of thiophene rings is 1. The molecule has 2 heterocycles. The predicted octanol–water partition coefficient (Wildman–Crippen LogP) is 4.95. The molecule has 0 amide bonds. The summed E-state index contributed by atoms with van der Waals surface area (Å²) in [6.07, 6.45) is 10.0. The molecule has 1 aliphatic heterocycles. The molecule has 2 fully saturated rings.